The predicted molar refractivity (Wildman–Crippen MR) is 72.2 cm³/mol. The highest BCUT2D eigenvalue weighted by atomic mass is 16.3. The molecule has 2 fully saturated rings. The summed E-state index contributed by atoms with van der Waals surface area (Å²) in [6.45, 7) is 1.90. The Morgan fingerprint density at radius 2 is 2.11 bits per heavy atom. The van der Waals surface area contributed by atoms with Gasteiger partial charge in [-0.05, 0) is 44.2 Å². The van der Waals surface area contributed by atoms with Crippen LogP contribution < -0.4 is 5.73 Å². The van der Waals surface area contributed by atoms with Gasteiger partial charge >= 0.3 is 0 Å². The van der Waals surface area contributed by atoms with E-state index >= 15 is 0 Å². The SMILES string of the molecule is NCC(c1ccoc1)N1CCCC2CCCCC21. The second-order valence-corrected chi connectivity index (χ2v) is 5.80. The van der Waals surface area contributed by atoms with Crippen LogP contribution in [0.25, 0.3) is 0 Å². The largest absolute Gasteiger partial charge is 0.472 e. The standard InChI is InChI=1S/C15H24N2O/c16-10-15(13-7-9-18-11-13)17-8-3-5-12-4-1-2-6-14(12)17/h7,9,11-12,14-15H,1-6,8,10,16H2. The fourth-order valence-electron chi connectivity index (χ4n) is 3.98. The number of hydrogen-bond donors (Lipinski definition) is 1. The first-order valence-electron chi connectivity index (χ1n) is 7.38. The Morgan fingerprint density at radius 3 is 2.89 bits per heavy atom. The number of furan rings is 1. The van der Waals surface area contributed by atoms with E-state index in [0.717, 1.165) is 12.0 Å². The third-order valence-electron chi connectivity index (χ3n) is 4.84. The van der Waals surface area contributed by atoms with Crippen LogP contribution in [-0.2, 0) is 0 Å². The molecule has 3 atom stereocenters. The summed E-state index contributed by atoms with van der Waals surface area (Å²) < 4.78 is 5.24. The van der Waals surface area contributed by atoms with Crippen LogP contribution in [0.5, 0.6) is 0 Å². The van der Waals surface area contributed by atoms with E-state index in [1.54, 1.807) is 6.26 Å². The molecule has 1 saturated carbocycles. The third-order valence-corrected chi connectivity index (χ3v) is 4.84. The van der Waals surface area contributed by atoms with E-state index in [0.29, 0.717) is 12.6 Å². The molecule has 1 aliphatic carbocycles. The lowest BCUT2D eigenvalue weighted by atomic mass is 9.77. The molecule has 3 unspecified atom stereocenters. The van der Waals surface area contributed by atoms with E-state index < -0.39 is 0 Å². The van der Waals surface area contributed by atoms with Crippen molar-refractivity contribution in [2.45, 2.75) is 50.6 Å². The van der Waals surface area contributed by atoms with Crippen LogP contribution in [0.3, 0.4) is 0 Å². The fraction of sp³-hybridized carbons (Fsp3) is 0.733. The second-order valence-electron chi connectivity index (χ2n) is 5.80. The van der Waals surface area contributed by atoms with Crippen molar-refractivity contribution < 1.29 is 4.42 Å². The average molecular weight is 248 g/mol. The van der Waals surface area contributed by atoms with Crippen LogP contribution in [0.4, 0.5) is 0 Å². The summed E-state index contributed by atoms with van der Waals surface area (Å²) in [5.74, 6) is 0.911. The zero-order chi connectivity index (χ0) is 12.4. The molecule has 3 nitrogen and oxygen atoms in total. The maximum atomic E-state index is 6.03. The lowest BCUT2D eigenvalue weighted by Crippen LogP contribution is -2.49. The minimum atomic E-state index is 0.356. The predicted octanol–water partition coefficient (Wildman–Crippen LogP) is 2.93. The van der Waals surface area contributed by atoms with Gasteiger partial charge in [0.25, 0.3) is 0 Å². The lowest BCUT2D eigenvalue weighted by molar-refractivity contribution is 0.0274. The average Bonchev–Trinajstić information content (AvgIpc) is 2.94. The van der Waals surface area contributed by atoms with E-state index in [4.69, 9.17) is 10.2 Å². The van der Waals surface area contributed by atoms with Crippen LogP contribution in [-0.4, -0.2) is 24.0 Å². The molecule has 0 radical (unpaired) electrons. The van der Waals surface area contributed by atoms with Crippen molar-refractivity contribution in [3.8, 4) is 0 Å². The molecule has 1 aliphatic heterocycles. The minimum absolute atomic E-state index is 0.356. The summed E-state index contributed by atoms with van der Waals surface area (Å²) >= 11 is 0. The van der Waals surface area contributed by atoms with E-state index in [1.165, 1.54) is 50.6 Å². The maximum Gasteiger partial charge on any atom is 0.0950 e. The van der Waals surface area contributed by atoms with Crippen LogP contribution in [0.2, 0.25) is 0 Å². The first-order valence-corrected chi connectivity index (χ1v) is 7.38. The topological polar surface area (TPSA) is 42.4 Å². The smallest absolute Gasteiger partial charge is 0.0950 e. The molecular formula is C15H24N2O. The van der Waals surface area contributed by atoms with Crippen molar-refractivity contribution in [2.24, 2.45) is 11.7 Å². The highest BCUT2D eigenvalue weighted by molar-refractivity contribution is 5.13. The Bertz CT molecular complexity index is 361. The number of fused-ring (bicyclic) bond motifs is 1. The van der Waals surface area contributed by atoms with Crippen molar-refractivity contribution in [1.29, 1.82) is 0 Å². The van der Waals surface area contributed by atoms with Crippen molar-refractivity contribution in [3.05, 3.63) is 24.2 Å². The van der Waals surface area contributed by atoms with Gasteiger partial charge in [0.05, 0.1) is 18.6 Å². The Morgan fingerprint density at radius 1 is 1.28 bits per heavy atom. The zero-order valence-corrected chi connectivity index (χ0v) is 11.1. The zero-order valence-electron chi connectivity index (χ0n) is 11.1. The van der Waals surface area contributed by atoms with E-state index in [2.05, 4.69) is 11.0 Å². The highest BCUT2D eigenvalue weighted by Crippen LogP contribution is 2.39. The van der Waals surface area contributed by atoms with Crippen molar-refractivity contribution >= 4 is 0 Å². The van der Waals surface area contributed by atoms with Crippen molar-refractivity contribution in [3.63, 3.8) is 0 Å². The van der Waals surface area contributed by atoms with Crippen LogP contribution in [0, 0.1) is 5.92 Å². The Balaban J connectivity index is 1.80. The molecule has 100 valence electrons. The van der Waals surface area contributed by atoms with E-state index in [-0.39, 0.29) is 0 Å². The number of nitrogens with zero attached hydrogens (tertiary/aromatic N) is 1. The Hall–Kier alpha value is -0.800. The summed E-state index contributed by atoms with van der Waals surface area (Å²) in [5.41, 5.74) is 7.29. The molecule has 2 heterocycles. The van der Waals surface area contributed by atoms with Gasteiger partial charge in [-0.1, -0.05) is 12.8 Å². The van der Waals surface area contributed by atoms with Gasteiger partial charge in [0.1, 0.15) is 0 Å². The molecular weight excluding hydrogens is 224 g/mol. The van der Waals surface area contributed by atoms with Gasteiger partial charge < -0.3 is 10.2 Å². The summed E-state index contributed by atoms with van der Waals surface area (Å²) in [6, 6.07) is 3.19. The quantitative estimate of drug-likeness (QED) is 0.894. The molecule has 2 N–H and O–H groups in total. The van der Waals surface area contributed by atoms with E-state index in [9.17, 15) is 0 Å². The number of likely N-dealkylation sites (tertiary alicyclic amines) is 1. The van der Waals surface area contributed by atoms with Crippen molar-refractivity contribution in [1.82, 2.24) is 4.90 Å². The molecule has 0 amide bonds. The lowest BCUT2D eigenvalue weighted by Gasteiger charge is -2.47. The molecule has 3 rings (SSSR count). The Kier molecular flexibility index (Phi) is 3.71. The summed E-state index contributed by atoms with van der Waals surface area (Å²) in [5, 5.41) is 0. The minimum Gasteiger partial charge on any atom is -0.472 e. The first kappa shape index (κ1) is 12.2. The summed E-state index contributed by atoms with van der Waals surface area (Å²) in [6.07, 6.45) is 12.0. The molecule has 18 heavy (non-hydrogen) atoms. The molecule has 0 aromatic carbocycles. The number of rotatable bonds is 3. The third kappa shape index (κ3) is 2.21. The fourth-order valence-corrected chi connectivity index (χ4v) is 3.98. The molecule has 1 saturated heterocycles. The monoisotopic (exact) mass is 248 g/mol. The Labute approximate surface area is 109 Å². The number of piperidine rings is 1. The molecule has 3 heteroatoms. The molecule has 2 aliphatic rings. The van der Waals surface area contributed by atoms with Gasteiger partial charge in [-0.2, -0.15) is 0 Å². The molecule has 0 spiro atoms. The maximum absolute atomic E-state index is 6.03. The summed E-state index contributed by atoms with van der Waals surface area (Å²) in [7, 11) is 0. The van der Waals surface area contributed by atoms with Gasteiger partial charge in [0.2, 0.25) is 0 Å². The van der Waals surface area contributed by atoms with Crippen LogP contribution in [0.15, 0.2) is 23.0 Å². The first-order chi connectivity index (χ1) is 8.90. The molecule has 0 bridgehead atoms. The summed E-state index contributed by atoms with van der Waals surface area (Å²) in [4.78, 5) is 2.66. The van der Waals surface area contributed by atoms with Crippen LogP contribution >= 0.6 is 0 Å². The van der Waals surface area contributed by atoms with Crippen molar-refractivity contribution in [2.75, 3.05) is 13.1 Å². The molecule has 1 aromatic heterocycles. The highest BCUT2D eigenvalue weighted by Gasteiger charge is 2.36. The second kappa shape index (κ2) is 5.45. The van der Waals surface area contributed by atoms with E-state index in [1.807, 2.05) is 6.26 Å². The van der Waals surface area contributed by atoms with Gasteiger partial charge in [-0.3, -0.25) is 4.90 Å². The molecule has 1 aromatic rings. The van der Waals surface area contributed by atoms with Gasteiger partial charge in [0.15, 0.2) is 0 Å². The number of nitrogens with two attached hydrogens (primary N) is 1. The van der Waals surface area contributed by atoms with Crippen LogP contribution in [0.1, 0.15) is 50.1 Å². The van der Waals surface area contributed by atoms with Gasteiger partial charge in [0, 0.05) is 18.2 Å². The number of hydrogen-bond acceptors (Lipinski definition) is 3. The van der Waals surface area contributed by atoms with Gasteiger partial charge in [-0.15, -0.1) is 0 Å². The normalized spacial score (nSPS) is 30.9. The van der Waals surface area contributed by atoms with Gasteiger partial charge in [-0.25, -0.2) is 0 Å².